The van der Waals surface area contributed by atoms with Crippen molar-refractivity contribution in [3.63, 3.8) is 0 Å². The molecule has 80 valence electrons. The van der Waals surface area contributed by atoms with Crippen LogP contribution in [0.5, 0.6) is 0 Å². The van der Waals surface area contributed by atoms with E-state index >= 15 is 0 Å². The van der Waals surface area contributed by atoms with Gasteiger partial charge in [-0.25, -0.2) is 0 Å². The van der Waals surface area contributed by atoms with E-state index in [1.165, 1.54) is 20.3 Å². The number of hydrogen-bond donors (Lipinski definition) is 1. The second-order valence-corrected chi connectivity index (χ2v) is 4.40. The average molecular weight is 219 g/mol. The van der Waals surface area contributed by atoms with Gasteiger partial charge in [0.25, 0.3) is 0 Å². The summed E-state index contributed by atoms with van der Waals surface area (Å²) in [4.78, 5) is 14.0. The lowest BCUT2D eigenvalue weighted by Crippen LogP contribution is -2.32. The van der Waals surface area contributed by atoms with Crippen LogP contribution in [0.15, 0.2) is 16.9 Å². The summed E-state index contributed by atoms with van der Waals surface area (Å²) in [5, 5.41) is 0. The minimum Gasteiger partial charge on any atom is -0.296 e. The van der Waals surface area contributed by atoms with Gasteiger partial charge in [-0.15, -0.1) is 0 Å². The molecule has 0 heterocycles. The SMILES string of the molecule is CC=N/C(C=O)=C\NS(=O)(=O)N(C)C. The van der Waals surface area contributed by atoms with Crippen molar-refractivity contribution in [2.24, 2.45) is 4.99 Å². The van der Waals surface area contributed by atoms with E-state index in [1.54, 1.807) is 6.92 Å². The molecule has 0 atom stereocenters. The summed E-state index contributed by atoms with van der Waals surface area (Å²) < 4.78 is 25.4. The Labute approximate surface area is 83.5 Å². The Balaban J connectivity index is 4.63. The second-order valence-electron chi connectivity index (χ2n) is 2.48. The molecule has 0 aliphatic carbocycles. The summed E-state index contributed by atoms with van der Waals surface area (Å²) in [6.07, 6.45) is 2.88. The molecule has 1 N–H and O–H groups in total. The number of aliphatic imine (C=N–C) groups is 1. The molecule has 0 aromatic rings. The molecule has 0 spiro atoms. The first-order valence-electron chi connectivity index (χ1n) is 3.78. The van der Waals surface area contributed by atoms with Crippen LogP contribution in [-0.2, 0) is 15.0 Å². The zero-order valence-corrected chi connectivity index (χ0v) is 9.08. The normalized spacial score (nSPS) is 13.6. The second kappa shape index (κ2) is 5.51. The van der Waals surface area contributed by atoms with Gasteiger partial charge >= 0.3 is 10.2 Å². The van der Waals surface area contributed by atoms with Gasteiger partial charge in [0.1, 0.15) is 5.70 Å². The number of aldehydes is 1. The highest BCUT2D eigenvalue weighted by Crippen LogP contribution is 1.92. The molecule has 0 rings (SSSR count). The van der Waals surface area contributed by atoms with Crippen LogP contribution in [0, 0.1) is 0 Å². The third kappa shape index (κ3) is 4.15. The minimum absolute atomic E-state index is 0.0120. The van der Waals surface area contributed by atoms with Crippen LogP contribution < -0.4 is 4.72 Å². The zero-order valence-electron chi connectivity index (χ0n) is 8.26. The van der Waals surface area contributed by atoms with Crippen LogP contribution in [0.2, 0.25) is 0 Å². The van der Waals surface area contributed by atoms with E-state index in [-0.39, 0.29) is 5.70 Å². The van der Waals surface area contributed by atoms with E-state index in [9.17, 15) is 13.2 Å². The van der Waals surface area contributed by atoms with Gasteiger partial charge in [-0.05, 0) is 6.92 Å². The van der Waals surface area contributed by atoms with Gasteiger partial charge in [0.05, 0.1) is 0 Å². The first-order chi connectivity index (χ1) is 6.44. The number of rotatable bonds is 5. The molecule has 0 bridgehead atoms. The zero-order chi connectivity index (χ0) is 11.2. The predicted octanol–water partition coefficient (Wildman–Crippen LogP) is -0.487. The molecule has 14 heavy (non-hydrogen) atoms. The molecular formula is C7H13N3O3S. The fourth-order valence-electron chi connectivity index (χ4n) is 0.491. The molecule has 7 heteroatoms. The van der Waals surface area contributed by atoms with Crippen molar-refractivity contribution >= 4 is 22.7 Å². The van der Waals surface area contributed by atoms with Crippen molar-refractivity contribution in [3.8, 4) is 0 Å². The van der Waals surface area contributed by atoms with E-state index in [0.29, 0.717) is 6.29 Å². The molecule has 0 amide bonds. The van der Waals surface area contributed by atoms with E-state index in [4.69, 9.17) is 0 Å². The fraction of sp³-hybridized carbons (Fsp3) is 0.429. The third-order valence-corrected chi connectivity index (χ3v) is 2.61. The van der Waals surface area contributed by atoms with Gasteiger partial charge in [-0.2, -0.15) is 12.7 Å². The van der Waals surface area contributed by atoms with E-state index in [1.807, 2.05) is 0 Å². The maximum atomic E-state index is 11.2. The number of carbonyl (C=O) groups excluding carboxylic acids is 1. The quantitative estimate of drug-likeness (QED) is 0.385. The molecular weight excluding hydrogens is 206 g/mol. The van der Waals surface area contributed by atoms with Gasteiger partial charge in [0, 0.05) is 26.5 Å². The Morgan fingerprint density at radius 2 is 2.00 bits per heavy atom. The molecule has 0 fully saturated rings. The molecule has 0 saturated heterocycles. The Morgan fingerprint density at radius 3 is 2.36 bits per heavy atom. The number of nitrogens with one attached hydrogen (secondary N) is 1. The lowest BCUT2D eigenvalue weighted by Gasteiger charge is -2.09. The lowest BCUT2D eigenvalue weighted by atomic mass is 10.5. The monoisotopic (exact) mass is 219 g/mol. The molecule has 0 saturated carbocycles. The van der Waals surface area contributed by atoms with Crippen molar-refractivity contribution in [3.05, 3.63) is 11.9 Å². The maximum absolute atomic E-state index is 11.2. The van der Waals surface area contributed by atoms with Crippen molar-refractivity contribution in [2.45, 2.75) is 6.92 Å². The van der Waals surface area contributed by atoms with Crippen LogP contribution in [0.4, 0.5) is 0 Å². The van der Waals surface area contributed by atoms with Gasteiger partial charge in [0.2, 0.25) is 0 Å². The van der Waals surface area contributed by atoms with Gasteiger partial charge in [0.15, 0.2) is 6.29 Å². The number of nitrogens with zero attached hydrogens (tertiary/aromatic N) is 2. The highest BCUT2D eigenvalue weighted by Gasteiger charge is 2.09. The van der Waals surface area contributed by atoms with Gasteiger partial charge in [-0.3, -0.25) is 14.5 Å². The summed E-state index contributed by atoms with van der Waals surface area (Å²) in [5.41, 5.74) is 0.0120. The van der Waals surface area contributed by atoms with Crippen LogP contribution >= 0.6 is 0 Å². The minimum atomic E-state index is -3.55. The molecule has 0 radical (unpaired) electrons. The first-order valence-corrected chi connectivity index (χ1v) is 5.22. The maximum Gasteiger partial charge on any atom is 0.300 e. The largest absolute Gasteiger partial charge is 0.300 e. The standard InChI is InChI=1S/C7H13N3O3S/c1-4-8-7(6-11)5-9-14(12,13)10(2)3/h4-6,9H,1-3H3/b7-5-,8-4?. The van der Waals surface area contributed by atoms with Gasteiger partial charge < -0.3 is 0 Å². The highest BCUT2D eigenvalue weighted by atomic mass is 32.2. The summed E-state index contributed by atoms with van der Waals surface area (Å²) in [7, 11) is -0.798. The number of hydrogen-bond acceptors (Lipinski definition) is 4. The molecule has 0 aliphatic rings. The van der Waals surface area contributed by atoms with Crippen LogP contribution in [-0.4, -0.2) is 39.3 Å². The average Bonchev–Trinajstić information content (AvgIpc) is 2.12. The Morgan fingerprint density at radius 1 is 1.43 bits per heavy atom. The van der Waals surface area contributed by atoms with E-state index in [0.717, 1.165) is 10.5 Å². The summed E-state index contributed by atoms with van der Waals surface area (Å²) in [6, 6.07) is 0. The van der Waals surface area contributed by atoms with E-state index in [2.05, 4.69) is 9.71 Å². The fourth-order valence-corrected chi connectivity index (χ4v) is 0.972. The molecule has 0 aliphatic heterocycles. The third-order valence-electron chi connectivity index (χ3n) is 1.24. The predicted molar refractivity (Wildman–Crippen MR) is 54.1 cm³/mol. The van der Waals surface area contributed by atoms with Crippen molar-refractivity contribution in [1.82, 2.24) is 9.03 Å². The van der Waals surface area contributed by atoms with Crippen molar-refractivity contribution < 1.29 is 13.2 Å². The van der Waals surface area contributed by atoms with E-state index < -0.39 is 10.2 Å². The smallest absolute Gasteiger partial charge is 0.296 e. The van der Waals surface area contributed by atoms with Crippen molar-refractivity contribution in [1.29, 1.82) is 0 Å². The molecule has 6 nitrogen and oxygen atoms in total. The molecule has 0 aromatic heterocycles. The Hall–Kier alpha value is -1.21. The topological polar surface area (TPSA) is 78.8 Å². The van der Waals surface area contributed by atoms with Crippen LogP contribution in [0.3, 0.4) is 0 Å². The molecule has 0 aromatic carbocycles. The van der Waals surface area contributed by atoms with Crippen LogP contribution in [0.25, 0.3) is 0 Å². The van der Waals surface area contributed by atoms with Crippen molar-refractivity contribution in [2.75, 3.05) is 14.1 Å². The number of allylic oxidation sites excluding steroid dienone is 1. The van der Waals surface area contributed by atoms with Gasteiger partial charge in [-0.1, -0.05) is 0 Å². The Bertz CT molecular complexity index is 343. The lowest BCUT2D eigenvalue weighted by molar-refractivity contribution is -0.104. The number of carbonyl (C=O) groups is 1. The van der Waals surface area contributed by atoms with Crippen LogP contribution in [0.1, 0.15) is 6.92 Å². The molecule has 0 unspecified atom stereocenters. The summed E-state index contributed by atoms with van der Waals surface area (Å²) in [6.45, 7) is 1.62. The summed E-state index contributed by atoms with van der Waals surface area (Å²) >= 11 is 0. The Kier molecular flexibility index (Phi) is 5.03. The summed E-state index contributed by atoms with van der Waals surface area (Å²) in [5.74, 6) is 0. The first kappa shape index (κ1) is 12.8. The highest BCUT2D eigenvalue weighted by molar-refractivity contribution is 7.87.